The first-order valence-corrected chi connectivity index (χ1v) is 5.16. The first kappa shape index (κ1) is 11.2. The van der Waals surface area contributed by atoms with Crippen LogP contribution in [0.2, 0.25) is 0 Å². The van der Waals surface area contributed by atoms with Gasteiger partial charge in [0.2, 0.25) is 0 Å². The summed E-state index contributed by atoms with van der Waals surface area (Å²) in [6.45, 7) is 4.12. The van der Waals surface area contributed by atoms with Crippen LogP contribution in [0.5, 0.6) is 0 Å². The SMILES string of the molecule is C[C@@H](N)CCN(C)Cc1ccccc1. The van der Waals surface area contributed by atoms with Crippen molar-refractivity contribution in [2.45, 2.75) is 25.9 Å². The third-order valence-electron chi connectivity index (χ3n) is 2.26. The van der Waals surface area contributed by atoms with Crippen LogP contribution in [0.3, 0.4) is 0 Å². The van der Waals surface area contributed by atoms with Gasteiger partial charge in [-0.1, -0.05) is 30.3 Å². The van der Waals surface area contributed by atoms with Crippen molar-refractivity contribution in [3.63, 3.8) is 0 Å². The molecule has 78 valence electrons. The molecule has 0 aliphatic heterocycles. The zero-order chi connectivity index (χ0) is 10.4. The molecule has 0 bridgehead atoms. The van der Waals surface area contributed by atoms with Gasteiger partial charge in [0.05, 0.1) is 0 Å². The van der Waals surface area contributed by atoms with Crippen molar-refractivity contribution in [2.75, 3.05) is 13.6 Å². The second-order valence-electron chi connectivity index (χ2n) is 3.99. The van der Waals surface area contributed by atoms with Crippen LogP contribution < -0.4 is 5.73 Å². The molecule has 0 aliphatic rings. The molecule has 0 saturated carbocycles. The summed E-state index contributed by atoms with van der Waals surface area (Å²) in [6.07, 6.45) is 1.06. The molecule has 2 heteroatoms. The number of nitrogens with two attached hydrogens (primary N) is 1. The second-order valence-corrected chi connectivity index (χ2v) is 3.99. The Morgan fingerprint density at radius 3 is 2.50 bits per heavy atom. The molecular formula is C12H20N2. The maximum atomic E-state index is 5.71. The van der Waals surface area contributed by atoms with Crippen LogP contribution in [0.1, 0.15) is 18.9 Å². The Kier molecular flexibility index (Phi) is 4.63. The average Bonchev–Trinajstić information content (AvgIpc) is 2.16. The zero-order valence-corrected chi connectivity index (χ0v) is 9.11. The molecule has 0 aromatic heterocycles. The topological polar surface area (TPSA) is 29.3 Å². The fourth-order valence-electron chi connectivity index (χ4n) is 1.40. The number of hydrogen-bond donors (Lipinski definition) is 1. The highest BCUT2D eigenvalue weighted by Gasteiger charge is 2.01. The van der Waals surface area contributed by atoms with E-state index in [4.69, 9.17) is 5.73 Å². The van der Waals surface area contributed by atoms with Crippen molar-refractivity contribution in [3.05, 3.63) is 35.9 Å². The highest BCUT2D eigenvalue weighted by Crippen LogP contribution is 2.03. The van der Waals surface area contributed by atoms with Crippen molar-refractivity contribution in [2.24, 2.45) is 5.73 Å². The van der Waals surface area contributed by atoms with E-state index in [-0.39, 0.29) is 0 Å². The van der Waals surface area contributed by atoms with Gasteiger partial charge in [0.25, 0.3) is 0 Å². The van der Waals surface area contributed by atoms with Crippen molar-refractivity contribution in [1.29, 1.82) is 0 Å². The minimum Gasteiger partial charge on any atom is -0.328 e. The summed E-state index contributed by atoms with van der Waals surface area (Å²) in [5, 5.41) is 0. The van der Waals surface area contributed by atoms with Gasteiger partial charge in [-0.15, -0.1) is 0 Å². The van der Waals surface area contributed by atoms with Crippen LogP contribution in [0.15, 0.2) is 30.3 Å². The summed E-state index contributed by atoms with van der Waals surface area (Å²) >= 11 is 0. The molecule has 14 heavy (non-hydrogen) atoms. The van der Waals surface area contributed by atoms with Crippen LogP contribution >= 0.6 is 0 Å². The van der Waals surface area contributed by atoms with Gasteiger partial charge in [0.1, 0.15) is 0 Å². The third kappa shape index (κ3) is 4.40. The number of rotatable bonds is 5. The van der Waals surface area contributed by atoms with Crippen LogP contribution in [0.4, 0.5) is 0 Å². The largest absolute Gasteiger partial charge is 0.328 e. The van der Waals surface area contributed by atoms with Gasteiger partial charge in [-0.3, -0.25) is 0 Å². The predicted molar refractivity (Wildman–Crippen MR) is 61.0 cm³/mol. The maximum absolute atomic E-state index is 5.71. The molecular weight excluding hydrogens is 172 g/mol. The fourth-order valence-corrected chi connectivity index (χ4v) is 1.40. The van der Waals surface area contributed by atoms with Crippen molar-refractivity contribution >= 4 is 0 Å². The molecule has 0 fully saturated rings. The summed E-state index contributed by atoms with van der Waals surface area (Å²) in [6, 6.07) is 10.8. The fraction of sp³-hybridized carbons (Fsp3) is 0.500. The summed E-state index contributed by atoms with van der Waals surface area (Å²) < 4.78 is 0. The highest BCUT2D eigenvalue weighted by atomic mass is 15.1. The predicted octanol–water partition coefficient (Wildman–Crippen LogP) is 1.86. The van der Waals surface area contributed by atoms with Gasteiger partial charge < -0.3 is 10.6 Å². The van der Waals surface area contributed by atoms with E-state index in [1.807, 2.05) is 6.07 Å². The first-order chi connectivity index (χ1) is 6.68. The van der Waals surface area contributed by atoms with Gasteiger partial charge in [-0.25, -0.2) is 0 Å². The number of hydrogen-bond acceptors (Lipinski definition) is 2. The molecule has 0 radical (unpaired) electrons. The van der Waals surface area contributed by atoms with E-state index < -0.39 is 0 Å². The molecule has 0 heterocycles. The molecule has 0 spiro atoms. The van der Waals surface area contributed by atoms with Gasteiger partial charge in [-0.05, 0) is 32.5 Å². The molecule has 1 atom stereocenters. The molecule has 0 saturated heterocycles. The number of nitrogens with zero attached hydrogens (tertiary/aromatic N) is 1. The van der Waals surface area contributed by atoms with E-state index in [0.717, 1.165) is 19.5 Å². The molecule has 0 aliphatic carbocycles. The standard InChI is InChI=1S/C12H20N2/c1-11(13)8-9-14(2)10-12-6-4-3-5-7-12/h3-7,11H,8-10,13H2,1-2H3/t11-/m1/s1. The summed E-state index contributed by atoms with van der Waals surface area (Å²) in [5.41, 5.74) is 7.07. The normalized spacial score (nSPS) is 13.1. The quantitative estimate of drug-likeness (QED) is 0.771. The molecule has 1 aromatic rings. The lowest BCUT2D eigenvalue weighted by atomic mass is 10.2. The zero-order valence-electron chi connectivity index (χ0n) is 9.11. The van der Waals surface area contributed by atoms with Gasteiger partial charge >= 0.3 is 0 Å². The van der Waals surface area contributed by atoms with Crippen molar-refractivity contribution in [3.8, 4) is 0 Å². The minimum atomic E-state index is 0.299. The van der Waals surface area contributed by atoms with E-state index in [1.165, 1.54) is 5.56 Å². The second kappa shape index (κ2) is 5.78. The highest BCUT2D eigenvalue weighted by molar-refractivity contribution is 5.14. The van der Waals surface area contributed by atoms with E-state index in [0.29, 0.717) is 6.04 Å². The lowest BCUT2D eigenvalue weighted by Crippen LogP contribution is -2.25. The van der Waals surface area contributed by atoms with E-state index >= 15 is 0 Å². The van der Waals surface area contributed by atoms with Crippen LogP contribution in [0, 0.1) is 0 Å². The summed E-state index contributed by atoms with van der Waals surface area (Å²) in [4.78, 5) is 2.30. The van der Waals surface area contributed by atoms with Gasteiger partial charge in [0, 0.05) is 12.6 Å². The number of benzene rings is 1. The Hall–Kier alpha value is -0.860. The van der Waals surface area contributed by atoms with Crippen LogP contribution in [0.25, 0.3) is 0 Å². The van der Waals surface area contributed by atoms with Crippen molar-refractivity contribution in [1.82, 2.24) is 4.90 Å². The molecule has 0 amide bonds. The van der Waals surface area contributed by atoms with E-state index in [2.05, 4.69) is 43.1 Å². The van der Waals surface area contributed by atoms with Crippen molar-refractivity contribution < 1.29 is 0 Å². The molecule has 0 unspecified atom stereocenters. The van der Waals surface area contributed by atoms with Gasteiger partial charge in [-0.2, -0.15) is 0 Å². The first-order valence-electron chi connectivity index (χ1n) is 5.16. The minimum absolute atomic E-state index is 0.299. The maximum Gasteiger partial charge on any atom is 0.0230 e. The van der Waals surface area contributed by atoms with Crippen LogP contribution in [-0.4, -0.2) is 24.5 Å². The molecule has 2 nitrogen and oxygen atoms in total. The van der Waals surface area contributed by atoms with E-state index in [1.54, 1.807) is 0 Å². The molecule has 1 rings (SSSR count). The Morgan fingerprint density at radius 1 is 1.29 bits per heavy atom. The summed E-state index contributed by atoms with van der Waals surface area (Å²) in [5.74, 6) is 0. The monoisotopic (exact) mass is 192 g/mol. The Balaban J connectivity index is 2.30. The van der Waals surface area contributed by atoms with Crippen LogP contribution in [-0.2, 0) is 6.54 Å². The molecule has 1 aromatic carbocycles. The Morgan fingerprint density at radius 2 is 1.93 bits per heavy atom. The molecule has 2 N–H and O–H groups in total. The lowest BCUT2D eigenvalue weighted by molar-refractivity contribution is 0.313. The summed E-state index contributed by atoms with van der Waals surface area (Å²) in [7, 11) is 2.13. The smallest absolute Gasteiger partial charge is 0.0230 e. The Labute approximate surface area is 86.7 Å². The Bertz CT molecular complexity index is 244. The average molecular weight is 192 g/mol. The van der Waals surface area contributed by atoms with E-state index in [9.17, 15) is 0 Å². The van der Waals surface area contributed by atoms with Gasteiger partial charge in [0.15, 0.2) is 0 Å². The lowest BCUT2D eigenvalue weighted by Gasteiger charge is -2.17. The third-order valence-corrected chi connectivity index (χ3v) is 2.26.